The van der Waals surface area contributed by atoms with E-state index < -0.39 is 0 Å². The molecule has 0 nitrogen and oxygen atoms in total. The van der Waals surface area contributed by atoms with Gasteiger partial charge in [0.25, 0.3) is 0 Å². The summed E-state index contributed by atoms with van der Waals surface area (Å²) in [7, 11) is 0. The second kappa shape index (κ2) is 15.9. The summed E-state index contributed by atoms with van der Waals surface area (Å²) in [6.07, 6.45) is 0. The van der Waals surface area contributed by atoms with Gasteiger partial charge in [0.1, 0.15) is 0 Å². The Bertz CT molecular complexity index is 8.00. The summed E-state index contributed by atoms with van der Waals surface area (Å²) in [6, 6.07) is 0. The Kier molecular flexibility index (Phi) is 101. The van der Waals surface area contributed by atoms with E-state index in [0.29, 0.717) is 0 Å². The molecule has 0 spiro atoms. The molecule has 0 rings (SSSR count). The Balaban J connectivity index is 0. The van der Waals surface area contributed by atoms with Crippen LogP contribution in [0.3, 0.4) is 0 Å². The van der Waals surface area contributed by atoms with Crippen LogP contribution in [0.15, 0.2) is 0 Å². The molecule has 2 radical (unpaired) electrons. The fourth-order valence-electron chi connectivity index (χ4n) is 0. The van der Waals surface area contributed by atoms with Gasteiger partial charge < -0.3 is 0 Å². The van der Waals surface area contributed by atoms with E-state index in [4.69, 9.17) is 0 Å². The molecule has 0 fully saturated rings. The van der Waals surface area contributed by atoms with Crippen LogP contribution in [0.4, 0.5) is 0 Å². The first-order valence-electron chi connectivity index (χ1n) is 0. The Morgan fingerprint density at radius 2 is 1.00 bits per heavy atom. The van der Waals surface area contributed by atoms with Crippen LogP contribution in [0.5, 0.6) is 0 Å². The predicted molar refractivity (Wildman–Crippen MR) is 0 cm³/mol. The summed E-state index contributed by atoms with van der Waals surface area (Å²) in [4.78, 5) is 0. The molecule has 0 N–H and O–H groups in total. The summed E-state index contributed by atoms with van der Waals surface area (Å²) < 4.78 is 0. The van der Waals surface area contributed by atoms with Crippen molar-refractivity contribution in [3.8, 4) is 0 Å². The molecule has 0 aliphatic rings. The van der Waals surface area contributed by atoms with Crippen LogP contribution in [0.1, 0.15) is 0 Å². The van der Waals surface area contributed by atoms with Crippen LogP contribution in [-0.4, -0.2) is 0 Å². The van der Waals surface area contributed by atoms with Crippen LogP contribution in [0.25, 0.3) is 0 Å². The fourth-order valence-corrected chi connectivity index (χ4v) is 0. The van der Waals surface area contributed by atoms with Gasteiger partial charge in [-0.25, -0.2) is 0 Å². The monoisotopic (exact) mass is 416 g/mol. The van der Waals surface area contributed by atoms with Gasteiger partial charge in [0.15, 0.2) is 0 Å². The van der Waals surface area contributed by atoms with Crippen molar-refractivity contribution in [1.29, 1.82) is 0 Å². The van der Waals surface area contributed by atoms with E-state index in [-0.39, 0.29) is 113 Å². The van der Waals surface area contributed by atoms with E-state index in [1.54, 1.807) is 0 Å². The molecule has 0 saturated heterocycles. The number of rotatable bonds is 0. The molecule has 0 heterocycles. The summed E-state index contributed by atoms with van der Waals surface area (Å²) in [6.45, 7) is 0. The summed E-state index contributed by atoms with van der Waals surface area (Å²) >= 11 is 0. The fraction of sp³-hybridized carbons (Fsp3) is 0. The van der Waals surface area contributed by atoms with Gasteiger partial charge >= 0.3 is 113 Å². The van der Waals surface area contributed by atoms with Gasteiger partial charge in [0.2, 0.25) is 0 Å². The topological polar surface area (TPSA) is 0 Å². The largest absolute Gasteiger partial charge is 3.00 e. The van der Waals surface area contributed by atoms with Crippen LogP contribution >= 0.6 is 0 Å². The first kappa shape index (κ1) is 25.4. The zero-order valence-electron chi connectivity index (χ0n) is 1.52. The van der Waals surface area contributed by atoms with Crippen molar-refractivity contribution < 1.29 is 113 Å². The van der Waals surface area contributed by atoms with Crippen LogP contribution in [0.2, 0.25) is 0 Å². The molecule has 0 aliphatic carbocycles. The summed E-state index contributed by atoms with van der Waals surface area (Å²) in [5.74, 6) is 0. The average molecular weight is 418 g/mol. The zero-order valence-corrected chi connectivity index (χ0v) is 9.01. The Morgan fingerprint density at radius 3 is 1.00 bits per heavy atom. The first-order chi connectivity index (χ1) is 0. The van der Waals surface area contributed by atoms with E-state index in [2.05, 4.69) is 0 Å². The van der Waals surface area contributed by atoms with Crippen LogP contribution in [0, 0.1) is 79.5 Å². The summed E-state index contributed by atoms with van der Waals surface area (Å²) in [5, 5.41) is 0. The third kappa shape index (κ3) is 9.18. The minimum Gasteiger partial charge on any atom is 2.00 e. The van der Waals surface area contributed by atoms with Crippen molar-refractivity contribution in [3.63, 3.8) is 0 Å². The molecule has 0 atom stereocenters. The van der Waals surface area contributed by atoms with Gasteiger partial charge in [0, 0.05) is 0 Å². The minimum absolute atomic E-state index is 0. The molecule has 0 saturated carbocycles. The van der Waals surface area contributed by atoms with Crippen molar-refractivity contribution in [2.75, 3.05) is 0 Å². The summed E-state index contributed by atoms with van der Waals surface area (Å²) in [5.41, 5.74) is 0. The van der Waals surface area contributed by atoms with Crippen molar-refractivity contribution >= 4 is 0 Å². The van der Waals surface area contributed by atoms with Gasteiger partial charge in [-0.2, -0.15) is 0 Å². The Hall–Kier alpha value is 3.66. The van der Waals surface area contributed by atoms with E-state index >= 15 is 0 Å². The van der Waals surface area contributed by atoms with Gasteiger partial charge in [-0.3, -0.25) is 0 Å². The predicted octanol–water partition coefficient (Wildman–Crippen LogP) is -0.00500. The van der Waals surface area contributed by atoms with Crippen LogP contribution < -0.4 is 0 Å². The SMILES string of the molecule is [Co+2].[Fe+2].[Nd+3].[Tb+3]. The van der Waals surface area contributed by atoms with Crippen molar-refractivity contribution in [3.05, 3.63) is 0 Å². The third-order valence-electron chi connectivity index (χ3n) is 0. The molecule has 0 aromatic rings. The van der Waals surface area contributed by atoms with Crippen molar-refractivity contribution in [1.82, 2.24) is 0 Å². The van der Waals surface area contributed by atoms with E-state index in [9.17, 15) is 0 Å². The molecular formula is CoFeNdTb+10. The number of hydrogen-bond donors (Lipinski definition) is 0. The van der Waals surface area contributed by atoms with Gasteiger partial charge in [0.05, 0.1) is 0 Å². The maximum atomic E-state index is 0. The second-order valence-electron chi connectivity index (χ2n) is 0. The molecule has 20 valence electrons. The van der Waals surface area contributed by atoms with E-state index in [1.165, 1.54) is 0 Å². The molecule has 0 aliphatic heterocycles. The third-order valence-corrected chi connectivity index (χ3v) is 0. The first-order valence-corrected chi connectivity index (χ1v) is 0. The second-order valence-corrected chi connectivity index (χ2v) is 0. The zero-order chi connectivity index (χ0) is 0. The van der Waals surface area contributed by atoms with E-state index in [0.717, 1.165) is 0 Å². The molecule has 4 heteroatoms. The molecule has 0 aromatic heterocycles. The average Bonchev–Trinajstić information content (AvgIpc) is 0. The normalized spacial score (nSPS) is 0. The van der Waals surface area contributed by atoms with Gasteiger partial charge in [-0.15, -0.1) is 0 Å². The quantitative estimate of drug-likeness (QED) is 0.487. The van der Waals surface area contributed by atoms with Gasteiger partial charge in [-0.05, 0) is 0 Å². The molecule has 0 amide bonds. The molecule has 4 heavy (non-hydrogen) atoms. The maximum Gasteiger partial charge on any atom is 3.00 e. The van der Waals surface area contributed by atoms with Crippen molar-refractivity contribution in [2.24, 2.45) is 0 Å². The Labute approximate surface area is 110 Å². The molecule has 0 unspecified atom stereocenters. The van der Waals surface area contributed by atoms with Crippen LogP contribution in [-0.2, 0) is 33.8 Å². The van der Waals surface area contributed by atoms with Gasteiger partial charge in [-0.1, -0.05) is 0 Å². The standard InChI is InChI=1S/Co.Fe.Nd.Tb/q2*+2;2*+3. The molecular weight excluding hydrogens is 418 g/mol. The smallest absolute Gasteiger partial charge is 2.00 e. The minimum atomic E-state index is 0. The van der Waals surface area contributed by atoms with Crippen molar-refractivity contribution in [2.45, 2.75) is 0 Å². The number of hydrogen-bond acceptors (Lipinski definition) is 0. The molecule has 0 aromatic carbocycles. The maximum absolute atomic E-state index is 0. The van der Waals surface area contributed by atoms with E-state index in [1.807, 2.05) is 0 Å². The Morgan fingerprint density at radius 1 is 1.00 bits per heavy atom. The molecule has 0 bridgehead atoms.